The fourth-order valence-electron chi connectivity index (χ4n) is 6.48. The van der Waals surface area contributed by atoms with E-state index in [1.807, 2.05) is 0 Å². The molecule has 1 heterocycles. The Hall–Kier alpha value is -0.880. The first-order chi connectivity index (χ1) is 11.8. The van der Waals surface area contributed by atoms with Crippen LogP contribution in [0.25, 0.3) is 0 Å². The predicted octanol–water partition coefficient (Wildman–Crippen LogP) is 3.39. The van der Waals surface area contributed by atoms with Crippen LogP contribution in [0.4, 0.5) is 0 Å². The van der Waals surface area contributed by atoms with Gasteiger partial charge in [0, 0.05) is 19.3 Å². The molecule has 0 spiro atoms. The van der Waals surface area contributed by atoms with E-state index in [-0.39, 0.29) is 11.5 Å². The van der Waals surface area contributed by atoms with Gasteiger partial charge in [-0.05, 0) is 75.0 Å². The number of aryl methyl sites for hydroxylation is 2. The Balaban J connectivity index is 1.63. The number of nitrogens with zero attached hydrogens (tertiary/aromatic N) is 2. The number of aromatic nitrogens is 2. The summed E-state index contributed by atoms with van der Waals surface area (Å²) < 4.78 is 30.9. The SMILES string of the molecule is CCCC(NS(=O)(=O)c1cn(C)nc1C)C12CC3CC(CC(C3)C1)C2. The van der Waals surface area contributed by atoms with E-state index in [1.165, 1.54) is 38.5 Å². The van der Waals surface area contributed by atoms with Crippen molar-refractivity contribution in [3.63, 3.8) is 0 Å². The first-order valence-corrected chi connectivity index (χ1v) is 11.3. The molecule has 0 aliphatic heterocycles. The molecule has 0 amide bonds. The molecule has 0 radical (unpaired) electrons. The number of hydrogen-bond donors (Lipinski definition) is 1. The molecule has 140 valence electrons. The van der Waals surface area contributed by atoms with E-state index in [0.717, 1.165) is 30.6 Å². The van der Waals surface area contributed by atoms with Crippen molar-refractivity contribution in [2.45, 2.75) is 76.2 Å². The van der Waals surface area contributed by atoms with E-state index < -0.39 is 10.0 Å². The highest BCUT2D eigenvalue weighted by Crippen LogP contribution is 2.61. The maximum atomic E-state index is 13.1. The quantitative estimate of drug-likeness (QED) is 0.840. The topological polar surface area (TPSA) is 64.0 Å². The van der Waals surface area contributed by atoms with Gasteiger partial charge >= 0.3 is 0 Å². The molecule has 25 heavy (non-hydrogen) atoms. The lowest BCUT2D eigenvalue weighted by Crippen LogP contribution is -2.56. The number of rotatable bonds is 6. The first kappa shape index (κ1) is 17.5. The summed E-state index contributed by atoms with van der Waals surface area (Å²) in [5.74, 6) is 2.49. The Morgan fingerprint density at radius 2 is 1.80 bits per heavy atom. The molecule has 1 aromatic heterocycles. The van der Waals surface area contributed by atoms with Gasteiger partial charge in [-0.1, -0.05) is 13.3 Å². The molecule has 1 aromatic rings. The largest absolute Gasteiger partial charge is 0.274 e. The lowest BCUT2D eigenvalue weighted by Gasteiger charge is -2.59. The molecule has 4 aliphatic rings. The van der Waals surface area contributed by atoms with Gasteiger partial charge in [0.15, 0.2) is 0 Å². The second-order valence-electron chi connectivity index (χ2n) is 8.99. The lowest BCUT2D eigenvalue weighted by molar-refractivity contribution is -0.0712. The van der Waals surface area contributed by atoms with Crippen LogP contribution >= 0.6 is 0 Å². The van der Waals surface area contributed by atoms with Gasteiger partial charge in [0.05, 0.1) is 5.69 Å². The summed E-state index contributed by atoms with van der Waals surface area (Å²) in [6, 6.07) is 0.0653. The third kappa shape index (κ3) is 3.05. The molecular formula is C19H31N3O2S. The van der Waals surface area contributed by atoms with Crippen molar-refractivity contribution in [1.82, 2.24) is 14.5 Å². The third-order valence-corrected chi connectivity index (χ3v) is 8.53. The van der Waals surface area contributed by atoms with Crippen LogP contribution in [0.2, 0.25) is 0 Å². The van der Waals surface area contributed by atoms with Crippen molar-refractivity contribution in [1.29, 1.82) is 0 Å². The van der Waals surface area contributed by atoms with Crippen LogP contribution in [0.15, 0.2) is 11.1 Å². The highest BCUT2D eigenvalue weighted by molar-refractivity contribution is 7.89. The zero-order valence-electron chi connectivity index (χ0n) is 15.7. The summed E-state index contributed by atoms with van der Waals surface area (Å²) in [7, 11) is -1.75. The Labute approximate surface area is 151 Å². The van der Waals surface area contributed by atoms with Crippen LogP contribution in [0, 0.1) is 30.1 Å². The van der Waals surface area contributed by atoms with Gasteiger partial charge in [-0.15, -0.1) is 0 Å². The van der Waals surface area contributed by atoms with E-state index in [4.69, 9.17) is 0 Å². The third-order valence-electron chi connectivity index (χ3n) is 6.96. The van der Waals surface area contributed by atoms with E-state index in [2.05, 4.69) is 16.7 Å². The molecule has 5 rings (SSSR count). The second-order valence-corrected chi connectivity index (χ2v) is 10.7. The highest BCUT2D eigenvalue weighted by Gasteiger charge is 2.54. The van der Waals surface area contributed by atoms with Crippen LogP contribution in [0.3, 0.4) is 0 Å². The maximum Gasteiger partial charge on any atom is 0.244 e. The molecule has 0 saturated heterocycles. The smallest absolute Gasteiger partial charge is 0.244 e. The van der Waals surface area contributed by atoms with Gasteiger partial charge in [0.25, 0.3) is 0 Å². The molecule has 0 aromatic carbocycles. The van der Waals surface area contributed by atoms with Crippen LogP contribution in [0.5, 0.6) is 0 Å². The Morgan fingerprint density at radius 3 is 2.24 bits per heavy atom. The summed E-state index contributed by atoms with van der Waals surface area (Å²) in [5, 5.41) is 4.22. The van der Waals surface area contributed by atoms with E-state index in [0.29, 0.717) is 10.6 Å². The fourth-order valence-corrected chi connectivity index (χ4v) is 8.07. The van der Waals surface area contributed by atoms with Crippen molar-refractivity contribution in [2.24, 2.45) is 30.2 Å². The average Bonchev–Trinajstić information content (AvgIpc) is 2.85. The normalized spacial score (nSPS) is 35.2. The Morgan fingerprint density at radius 1 is 1.24 bits per heavy atom. The molecule has 1 N–H and O–H groups in total. The van der Waals surface area contributed by atoms with Crippen LogP contribution < -0.4 is 4.72 Å². The average molecular weight is 366 g/mol. The zero-order chi connectivity index (χ0) is 17.8. The van der Waals surface area contributed by atoms with Gasteiger partial charge in [-0.3, -0.25) is 4.68 Å². The number of nitrogens with one attached hydrogen (secondary N) is 1. The highest BCUT2D eigenvalue weighted by atomic mass is 32.2. The molecule has 4 saturated carbocycles. The monoisotopic (exact) mass is 365 g/mol. The molecule has 6 heteroatoms. The standard InChI is InChI=1S/C19H31N3O2S/c1-4-5-18(21-25(23,24)17-12-22(3)20-13(17)2)19-9-14-6-15(10-19)8-16(7-14)11-19/h12,14-16,18,21H,4-11H2,1-3H3. The Kier molecular flexibility index (Phi) is 4.27. The van der Waals surface area contributed by atoms with Crippen molar-refractivity contribution in [3.8, 4) is 0 Å². The lowest BCUT2D eigenvalue weighted by atomic mass is 9.47. The minimum absolute atomic E-state index is 0.0653. The molecule has 4 fully saturated rings. The molecule has 1 unspecified atom stereocenters. The van der Waals surface area contributed by atoms with Gasteiger partial charge in [0.2, 0.25) is 10.0 Å². The molecule has 4 aliphatic carbocycles. The van der Waals surface area contributed by atoms with E-state index >= 15 is 0 Å². The van der Waals surface area contributed by atoms with Crippen LogP contribution in [-0.4, -0.2) is 24.2 Å². The Bertz CT molecular complexity index is 717. The van der Waals surface area contributed by atoms with Gasteiger partial charge in [-0.25, -0.2) is 13.1 Å². The minimum Gasteiger partial charge on any atom is -0.274 e. The predicted molar refractivity (Wildman–Crippen MR) is 97.6 cm³/mol. The number of hydrogen-bond acceptors (Lipinski definition) is 3. The van der Waals surface area contributed by atoms with Crippen molar-refractivity contribution < 1.29 is 8.42 Å². The van der Waals surface area contributed by atoms with Crippen LogP contribution in [-0.2, 0) is 17.1 Å². The summed E-state index contributed by atoms with van der Waals surface area (Å²) >= 11 is 0. The molecular weight excluding hydrogens is 334 g/mol. The van der Waals surface area contributed by atoms with Gasteiger partial charge in [0.1, 0.15) is 4.90 Å². The molecule has 1 atom stereocenters. The molecule has 5 nitrogen and oxygen atoms in total. The minimum atomic E-state index is -3.52. The van der Waals surface area contributed by atoms with Gasteiger partial charge < -0.3 is 0 Å². The van der Waals surface area contributed by atoms with Crippen molar-refractivity contribution >= 4 is 10.0 Å². The van der Waals surface area contributed by atoms with Crippen molar-refractivity contribution in [2.75, 3.05) is 0 Å². The fraction of sp³-hybridized carbons (Fsp3) is 0.842. The summed E-state index contributed by atoms with van der Waals surface area (Å²) in [6.45, 7) is 3.94. The maximum absolute atomic E-state index is 13.1. The first-order valence-electron chi connectivity index (χ1n) is 9.84. The number of sulfonamides is 1. The zero-order valence-corrected chi connectivity index (χ0v) is 16.5. The summed E-state index contributed by atoms with van der Waals surface area (Å²) in [4.78, 5) is 0.334. The van der Waals surface area contributed by atoms with Crippen molar-refractivity contribution in [3.05, 3.63) is 11.9 Å². The molecule has 4 bridgehead atoms. The van der Waals surface area contributed by atoms with E-state index in [1.54, 1.807) is 24.9 Å². The summed E-state index contributed by atoms with van der Waals surface area (Å²) in [5.41, 5.74) is 0.768. The van der Waals surface area contributed by atoms with Crippen LogP contribution in [0.1, 0.15) is 64.0 Å². The second kappa shape index (κ2) is 6.08. The van der Waals surface area contributed by atoms with E-state index in [9.17, 15) is 8.42 Å². The summed E-state index contributed by atoms with van der Waals surface area (Å²) in [6.07, 6.45) is 11.4. The van der Waals surface area contributed by atoms with Gasteiger partial charge in [-0.2, -0.15) is 5.10 Å².